The molecule has 2 fully saturated rings. The first kappa shape index (κ1) is 28.6. The van der Waals surface area contributed by atoms with E-state index < -0.39 is 5.91 Å². The van der Waals surface area contributed by atoms with Crippen LogP contribution >= 0.6 is 24.0 Å². The Bertz CT molecular complexity index is 1750. The largest absolute Gasteiger partial charge is 0.357 e. The van der Waals surface area contributed by atoms with Crippen molar-refractivity contribution in [2.75, 3.05) is 22.9 Å². The molecule has 2 aliphatic rings. The van der Waals surface area contributed by atoms with E-state index >= 15 is 0 Å². The minimum atomic E-state index is -0.406. The second-order valence-electron chi connectivity index (χ2n) is 10.5. The summed E-state index contributed by atoms with van der Waals surface area (Å²) in [6.45, 7) is 9.58. The second-order valence-corrected chi connectivity index (χ2v) is 12.2. The van der Waals surface area contributed by atoms with Gasteiger partial charge < -0.3 is 4.90 Å². The van der Waals surface area contributed by atoms with E-state index in [4.69, 9.17) is 12.2 Å². The number of carbonyl (C=O) groups is 1. The SMILES string of the molecule is CCn1c(N2CCC(C)CC2)c(/C=C2/SC(=S)N(c3c(C)n(C)n(-c4ccccc4)c3=O)C2=O)c(C)c(C#N)c1=O. The Hall–Kier alpha value is -3.88. The number of piperidine rings is 1. The van der Waals surface area contributed by atoms with E-state index in [1.54, 1.807) is 36.2 Å². The second kappa shape index (κ2) is 11.2. The summed E-state index contributed by atoms with van der Waals surface area (Å²) < 4.78 is 5.12. The minimum Gasteiger partial charge on any atom is -0.357 e. The third-order valence-corrected chi connectivity index (χ3v) is 9.36. The van der Waals surface area contributed by atoms with Crippen LogP contribution in [0.1, 0.15) is 49.1 Å². The van der Waals surface area contributed by atoms with Gasteiger partial charge in [0.25, 0.3) is 17.0 Å². The maximum Gasteiger partial charge on any atom is 0.296 e. The van der Waals surface area contributed by atoms with Crippen LogP contribution in [0.4, 0.5) is 11.5 Å². The predicted octanol–water partition coefficient (Wildman–Crippen LogP) is 4.49. The van der Waals surface area contributed by atoms with Crippen molar-refractivity contribution in [1.82, 2.24) is 13.9 Å². The molecule has 2 aromatic heterocycles. The highest BCUT2D eigenvalue weighted by Gasteiger charge is 2.38. The standard InChI is InChI=1S/C30H32N6O3S2/c1-6-34-26(33-14-12-18(2)13-15-33)22(19(3)23(17-31)27(34)37)16-24-28(38)35(30(40)41-24)25-20(4)32(5)36(29(25)39)21-10-8-7-9-11-21/h7-11,16,18H,6,12-15H2,1-5H3/b24-16+. The molecule has 11 heteroatoms. The summed E-state index contributed by atoms with van der Waals surface area (Å²) >= 11 is 6.77. The third kappa shape index (κ3) is 4.75. The topological polar surface area (TPSA) is 96.3 Å². The number of hydrogen-bond donors (Lipinski definition) is 0. The molecule has 0 bridgehead atoms. The number of thioether (sulfide) groups is 1. The average Bonchev–Trinajstić information content (AvgIpc) is 3.35. The Labute approximate surface area is 248 Å². The van der Waals surface area contributed by atoms with Crippen LogP contribution in [0.15, 0.2) is 44.8 Å². The first-order valence-electron chi connectivity index (χ1n) is 13.6. The number of benzene rings is 1. The molecule has 2 aliphatic heterocycles. The summed E-state index contributed by atoms with van der Waals surface area (Å²) in [7, 11) is 1.77. The molecule has 4 heterocycles. The van der Waals surface area contributed by atoms with E-state index in [0.717, 1.165) is 37.7 Å². The number of aromatic nitrogens is 3. The molecule has 0 saturated carbocycles. The van der Waals surface area contributed by atoms with Crippen LogP contribution in [0.2, 0.25) is 0 Å². The molecule has 0 spiro atoms. The van der Waals surface area contributed by atoms with Crippen molar-refractivity contribution in [3.8, 4) is 11.8 Å². The smallest absolute Gasteiger partial charge is 0.296 e. The molecule has 5 rings (SSSR count). The monoisotopic (exact) mass is 588 g/mol. The summed E-state index contributed by atoms with van der Waals surface area (Å²) in [5.41, 5.74) is 2.06. The van der Waals surface area contributed by atoms with E-state index in [-0.39, 0.29) is 26.7 Å². The number of para-hydroxylation sites is 1. The maximum absolute atomic E-state index is 13.9. The Kier molecular flexibility index (Phi) is 7.81. The molecule has 1 amide bonds. The van der Waals surface area contributed by atoms with Gasteiger partial charge in [-0.2, -0.15) is 5.26 Å². The number of hydrogen-bond acceptors (Lipinski definition) is 7. The molecule has 0 radical (unpaired) electrons. The van der Waals surface area contributed by atoms with Gasteiger partial charge in [0.15, 0.2) is 4.32 Å². The Morgan fingerprint density at radius 1 is 1.10 bits per heavy atom. The summed E-state index contributed by atoms with van der Waals surface area (Å²) in [6, 6.07) is 11.3. The molecular formula is C30H32N6O3S2. The molecule has 3 aromatic rings. The lowest BCUT2D eigenvalue weighted by Gasteiger charge is -2.35. The Balaban J connectivity index is 1.65. The lowest BCUT2D eigenvalue weighted by Crippen LogP contribution is -2.39. The number of thiocarbonyl (C=S) groups is 1. The molecule has 0 aliphatic carbocycles. The van der Waals surface area contributed by atoms with Gasteiger partial charge in [0.1, 0.15) is 23.1 Å². The third-order valence-electron chi connectivity index (χ3n) is 8.06. The van der Waals surface area contributed by atoms with Crippen molar-refractivity contribution in [2.24, 2.45) is 13.0 Å². The number of nitrogens with zero attached hydrogens (tertiary/aromatic N) is 6. The number of amides is 1. The zero-order valence-electron chi connectivity index (χ0n) is 23.8. The Morgan fingerprint density at radius 3 is 2.37 bits per heavy atom. The molecule has 0 atom stereocenters. The normalized spacial score (nSPS) is 17.1. The lowest BCUT2D eigenvalue weighted by molar-refractivity contribution is -0.113. The van der Waals surface area contributed by atoms with E-state index in [1.165, 1.54) is 9.58 Å². The number of rotatable bonds is 5. The predicted molar refractivity (Wildman–Crippen MR) is 168 cm³/mol. The number of anilines is 2. The number of nitriles is 1. The summed E-state index contributed by atoms with van der Waals surface area (Å²) in [4.78, 5) is 44.8. The lowest BCUT2D eigenvalue weighted by atomic mass is 9.97. The molecular weight excluding hydrogens is 557 g/mol. The van der Waals surface area contributed by atoms with Crippen LogP contribution in [-0.2, 0) is 18.4 Å². The first-order valence-corrected chi connectivity index (χ1v) is 14.9. The van der Waals surface area contributed by atoms with Gasteiger partial charge in [-0.05, 0) is 63.3 Å². The van der Waals surface area contributed by atoms with E-state index in [1.807, 2.05) is 37.3 Å². The van der Waals surface area contributed by atoms with Crippen LogP contribution in [0.3, 0.4) is 0 Å². The van der Waals surface area contributed by atoms with E-state index in [0.29, 0.717) is 45.7 Å². The highest BCUT2D eigenvalue weighted by molar-refractivity contribution is 8.27. The number of pyridine rings is 1. The molecule has 9 nitrogen and oxygen atoms in total. The van der Waals surface area contributed by atoms with Crippen molar-refractivity contribution in [2.45, 2.75) is 47.1 Å². The quantitative estimate of drug-likeness (QED) is 0.320. The van der Waals surface area contributed by atoms with Gasteiger partial charge in [-0.25, -0.2) is 4.68 Å². The van der Waals surface area contributed by atoms with Crippen molar-refractivity contribution in [3.05, 3.63) is 78.3 Å². The zero-order chi connectivity index (χ0) is 29.6. The van der Waals surface area contributed by atoms with Crippen LogP contribution < -0.4 is 20.9 Å². The van der Waals surface area contributed by atoms with Gasteiger partial charge in [-0.15, -0.1) is 0 Å². The van der Waals surface area contributed by atoms with Gasteiger partial charge in [0, 0.05) is 32.2 Å². The highest BCUT2D eigenvalue weighted by Crippen LogP contribution is 2.39. The fourth-order valence-electron chi connectivity index (χ4n) is 5.60. The van der Waals surface area contributed by atoms with E-state index in [2.05, 4.69) is 17.9 Å². The minimum absolute atomic E-state index is 0.0624. The van der Waals surface area contributed by atoms with Crippen molar-refractivity contribution >= 4 is 51.8 Å². The molecule has 0 N–H and O–H groups in total. The number of carbonyl (C=O) groups excluding carboxylic acids is 1. The average molecular weight is 589 g/mol. The zero-order valence-corrected chi connectivity index (χ0v) is 25.4. The first-order chi connectivity index (χ1) is 19.6. The van der Waals surface area contributed by atoms with Crippen LogP contribution in [0.25, 0.3) is 11.8 Å². The molecule has 41 heavy (non-hydrogen) atoms. The van der Waals surface area contributed by atoms with E-state index in [9.17, 15) is 19.6 Å². The van der Waals surface area contributed by atoms with Crippen LogP contribution in [-0.4, -0.2) is 37.2 Å². The summed E-state index contributed by atoms with van der Waals surface area (Å²) in [5.74, 6) is 0.895. The summed E-state index contributed by atoms with van der Waals surface area (Å²) in [6.07, 6.45) is 3.71. The summed E-state index contributed by atoms with van der Waals surface area (Å²) in [5, 5.41) is 9.87. The molecule has 212 valence electrons. The fraction of sp³-hybridized carbons (Fsp3) is 0.367. The highest BCUT2D eigenvalue weighted by atomic mass is 32.2. The fourth-order valence-corrected chi connectivity index (χ4v) is 6.85. The van der Waals surface area contributed by atoms with Gasteiger partial charge >= 0.3 is 0 Å². The van der Waals surface area contributed by atoms with Gasteiger partial charge in [0.2, 0.25) is 0 Å². The van der Waals surface area contributed by atoms with Crippen molar-refractivity contribution < 1.29 is 4.79 Å². The van der Waals surface area contributed by atoms with Crippen LogP contribution in [0, 0.1) is 31.1 Å². The van der Waals surface area contributed by atoms with Crippen LogP contribution in [0.5, 0.6) is 0 Å². The van der Waals surface area contributed by atoms with Crippen molar-refractivity contribution in [1.29, 1.82) is 5.26 Å². The van der Waals surface area contributed by atoms with Gasteiger partial charge in [-0.3, -0.25) is 28.5 Å². The van der Waals surface area contributed by atoms with Gasteiger partial charge in [0.05, 0.1) is 16.3 Å². The molecule has 2 saturated heterocycles. The van der Waals surface area contributed by atoms with Crippen molar-refractivity contribution in [3.63, 3.8) is 0 Å². The maximum atomic E-state index is 13.9. The van der Waals surface area contributed by atoms with Gasteiger partial charge in [-0.1, -0.05) is 49.1 Å². The molecule has 0 unspecified atom stereocenters. The molecule has 1 aromatic carbocycles. The Morgan fingerprint density at radius 2 is 1.76 bits per heavy atom.